The van der Waals surface area contributed by atoms with Gasteiger partial charge in [0, 0.05) is 6.54 Å². The fourth-order valence-electron chi connectivity index (χ4n) is 8.98. The predicted octanol–water partition coefficient (Wildman–Crippen LogP) is 2.82. The van der Waals surface area contributed by atoms with Gasteiger partial charge in [-0.25, -0.2) is 9.59 Å². The molecule has 0 aromatic heterocycles. The summed E-state index contributed by atoms with van der Waals surface area (Å²) >= 11 is 0. The molecule has 2 bridgehead atoms. The minimum atomic E-state index is -1.20. The second kappa shape index (κ2) is 12.7. The number of rotatable bonds is 12. The van der Waals surface area contributed by atoms with Gasteiger partial charge >= 0.3 is 12.0 Å². The van der Waals surface area contributed by atoms with E-state index in [1.807, 2.05) is 51.1 Å². The van der Waals surface area contributed by atoms with Crippen molar-refractivity contribution in [1.82, 2.24) is 20.9 Å². The Kier molecular flexibility index (Phi) is 9.07. The van der Waals surface area contributed by atoms with Crippen LogP contribution in [0.1, 0.15) is 85.1 Å². The number of piperidine rings is 1. The summed E-state index contributed by atoms with van der Waals surface area (Å²) < 4.78 is 5.78. The van der Waals surface area contributed by atoms with Crippen LogP contribution in [0.5, 0.6) is 0 Å². The number of carbonyl (C=O) groups is 6. The Hall–Kier alpha value is -3.96. The lowest BCUT2D eigenvalue weighted by atomic mass is 9.80. The summed E-state index contributed by atoms with van der Waals surface area (Å²) in [5.74, 6) is -2.93. The van der Waals surface area contributed by atoms with Gasteiger partial charge in [0.15, 0.2) is 0 Å². The SMILES string of the molecule is CC(C)(C)[C@H](NC(=O)NC1(C(=O)OCc2ccccc2)CC2CCC1C2)C(=O)N1C[C@H]2[C@@H]([C@H]1C(=O)NC(CC1CC1)C(=O)C(N)=O)C2(C)C. The monoisotopic (exact) mass is 677 g/mol. The first-order chi connectivity index (χ1) is 23.0. The zero-order valence-corrected chi connectivity index (χ0v) is 29.3. The summed E-state index contributed by atoms with van der Waals surface area (Å²) in [4.78, 5) is 82.0. The van der Waals surface area contributed by atoms with Gasteiger partial charge in [-0.2, -0.15) is 0 Å². The van der Waals surface area contributed by atoms with Crippen LogP contribution in [0, 0.1) is 40.4 Å². The summed E-state index contributed by atoms with van der Waals surface area (Å²) in [5.41, 5.74) is 4.01. The van der Waals surface area contributed by atoms with Gasteiger partial charge in [-0.15, -0.1) is 0 Å². The van der Waals surface area contributed by atoms with Crippen LogP contribution in [0.3, 0.4) is 0 Å². The fraction of sp³-hybridized carbons (Fsp3) is 0.676. The van der Waals surface area contributed by atoms with Crippen LogP contribution < -0.4 is 21.7 Å². The number of primary amides is 1. The maximum absolute atomic E-state index is 14.4. The van der Waals surface area contributed by atoms with Crippen LogP contribution in [0.15, 0.2) is 30.3 Å². The smallest absolute Gasteiger partial charge is 0.332 e. The highest BCUT2D eigenvalue weighted by Gasteiger charge is 2.70. The van der Waals surface area contributed by atoms with Crippen LogP contribution in [0.2, 0.25) is 0 Å². The molecule has 5 aliphatic rings. The molecule has 1 aromatic carbocycles. The molecule has 1 aliphatic heterocycles. The number of hydrogen-bond acceptors (Lipinski definition) is 7. The van der Waals surface area contributed by atoms with Crippen molar-refractivity contribution >= 4 is 35.5 Å². The number of nitrogens with one attached hydrogen (secondary N) is 3. The Morgan fingerprint density at radius 2 is 1.69 bits per heavy atom. The third-order valence-corrected chi connectivity index (χ3v) is 12.1. The van der Waals surface area contributed by atoms with Gasteiger partial charge < -0.3 is 31.3 Å². The van der Waals surface area contributed by atoms with E-state index >= 15 is 0 Å². The minimum absolute atomic E-state index is 0.0621. The van der Waals surface area contributed by atoms with Crippen molar-refractivity contribution in [3.05, 3.63) is 35.9 Å². The maximum Gasteiger partial charge on any atom is 0.332 e. The van der Waals surface area contributed by atoms with E-state index in [1.54, 1.807) is 0 Å². The van der Waals surface area contributed by atoms with E-state index in [-0.39, 0.29) is 35.7 Å². The summed E-state index contributed by atoms with van der Waals surface area (Å²) in [6.07, 6.45) is 5.26. The molecule has 12 nitrogen and oxygen atoms in total. The highest BCUT2D eigenvalue weighted by molar-refractivity contribution is 6.37. The maximum atomic E-state index is 14.4. The average molecular weight is 678 g/mol. The van der Waals surface area contributed by atoms with E-state index in [0.29, 0.717) is 25.3 Å². The summed E-state index contributed by atoms with van der Waals surface area (Å²) in [6, 6.07) is 5.79. The Labute approximate surface area is 288 Å². The number of ketones is 1. The molecule has 5 amide bonds. The third kappa shape index (κ3) is 6.79. The van der Waals surface area contributed by atoms with Gasteiger partial charge in [0.2, 0.25) is 17.6 Å². The van der Waals surface area contributed by atoms with Crippen molar-refractivity contribution in [2.24, 2.45) is 46.2 Å². The van der Waals surface area contributed by atoms with E-state index in [4.69, 9.17) is 10.5 Å². The second-order valence-corrected chi connectivity index (χ2v) is 16.9. The topological polar surface area (TPSA) is 177 Å². The molecule has 12 heteroatoms. The van der Waals surface area contributed by atoms with Crippen molar-refractivity contribution in [2.45, 2.75) is 110 Å². The molecule has 1 aromatic rings. The molecule has 1 heterocycles. The molecule has 5 N–H and O–H groups in total. The lowest BCUT2D eigenvalue weighted by molar-refractivity contribution is -0.155. The number of nitrogens with zero attached hydrogens (tertiary/aromatic N) is 1. The number of fused-ring (bicyclic) bond motifs is 3. The van der Waals surface area contributed by atoms with Gasteiger partial charge in [0.05, 0.1) is 6.04 Å². The van der Waals surface area contributed by atoms with E-state index in [2.05, 4.69) is 29.8 Å². The van der Waals surface area contributed by atoms with Crippen LogP contribution in [0.25, 0.3) is 0 Å². The highest BCUT2D eigenvalue weighted by atomic mass is 16.5. The van der Waals surface area contributed by atoms with E-state index in [9.17, 15) is 28.8 Å². The molecule has 4 saturated carbocycles. The molecule has 4 aliphatic carbocycles. The second-order valence-electron chi connectivity index (χ2n) is 16.9. The van der Waals surface area contributed by atoms with Crippen molar-refractivity contribution in [2.75, 3.05) is 6.54 Å². The van der Waals surface area contributed by atoms with Crippen molar-refractivity contribution in [3.63, 3.8) is 0 Å². The third-order valence-electron chi connectivity index (χ3n) is 12.1. The first-order valence-electron chi connectivity index (χ1n) is 17.8. The number of esters is 1. The average Bonchev–Trinajstić information content (AvgIpc) is 3.69. The van der Waals surface area contributed by atoms with Gasteiger partial charge in [-0.3, -0.25) is 19.2 Å². The highest BCUT2D eigenvalue weighted by Crippen LogP contribution is 2.65. The minimum Gasteiger partial charge on any atom is -0.459 e. The number of urea groups is 1. The summed E-state index contributed by atoms with van der Waals surface area (Å²) in [7, 11) is 0. The van der Waals surface area contributed by atoms with Crippen molar-refractivity contribution in [1.29, 1.82) is 0 Å². The fourth-order valence-corrected chi connectivity index (χ4v) is 8.98. The Morgan fingerprint density at radius 1 is 1.00 bits per heavy atom. The van der Waals surface area contributed by atoms with Crippen LogP contribution in [0.4, 0.5) is 4.79 Å². The molecular formula is C37H51N5O7. The zero-order valence-electron chi connectivity index (χ0n) is 29.3. The molecule has 1 saturated heterocycles. The van der Waals surface area contributed by atoms with Gasteiger partial charge in [-0.05, 0) is 78.1 Å². The molecular weight excluding hydrogens is 626 g/mol. The number of amides is 5. The normalized spacial score (nSPS) is 30.5. The summed E-state index contributed by atoms with van der Waals surface area (Å²) in [5, 5.41) is 8.67. The number of likely N-dealkylation sites (tertiary alicyclic amines) is 1. The predicted molar refractivity (Wildman–Crippen MR) is 179 cm³/mol. The molecule has 6 rings (SSSR count). The van der Waals surface area contributed by atoms with Crippen LogP contribution >= 0.6 is 0 Å². The van der Waals surface area contributed by atoms with Crippen molar-refractivity contribution in [3.8, 4) is 0 Å². The van der Waals surface area contributed by atoms with Crippen LogP contribution in [-0.2, 0) is 35.3 Å². The number of benzene rings is 1. The van der Waals surface area contributed by atoms with Crippen LogP contribution in [-0.4, -0.2) is 70.6 Å². The van der Waals surface area contributed by atoms with E-state index in [0.717, 1.165) is 37.7 Å². The number of hydrogen-bond donors (Lipinski definition) is 4. The molecule has 266 valence electrons. The molecule has 0 radical (unpaired) electrons. The lowest BCUT2D eigenvalue weighted by Crippen LogP contribution is -2.65. The van der Waals surface area contributed by atoms with E-state index < -0.39 is 64.6 Å². The lowest BCUT2D eigenvalue weighted by Gasteiger charge is -2.40. The summed E-state index contributed by atoms with van der Waals surface area (Å²) in [6.45, 7) is 10.0. The number of nitrogens with two attached hydrogens (primary N) is 1. The number of ether oxygens (including phenoxy) is 1. The van der Waals surface area contributed by atoms with Gasteiger partial charge in [0.25, 0.3) is 5.91 Å². The quantitative estimate of drug-likeness (QED) is 0.194. The Bertz CT molecular complexity index is 1520. The van der Waals surface area contributed by atoms with Crippen molar-refractivity contribution < 1.29 is 33.5 Å². The molecule has 0 spiro atoms. The molecule has 4 unspecified atom stereocenters. The first kappa shape index (κ1) is 34.9. The number of Topliss-reactive ketones (excluding diaryl/α,β-unsaturated/α-hetero) is 1. The Balaban J connectivity index is 1.18. The Morgan fingerprint density at radius 3 is 2.27 bits per heavy atom. The van der Waals surface area contributed by atoms with E-state index in [1.165, 1.54) is 4.90 Å². The van der Waals surface area contributed by atoms with Gasteiger partial charge in [-0.1, -0.05) is 77.8 Å². The van der Waals surface area contributed by atoms with Gasteiger partial charge in [0.1, 0.15) is 24.2 Å². The first-order valence-corrected chi connectivity index (χ1v) is 17.8. The molecule has 5 fully saturated rings. The molecule has 49 heavy (non-hydrogen) atoms. The molecule has 8 atom stereocenters. The largest absolute Gasteiger partial charge is 0.459 e. The zero-order chi connectivity index (χ0) is 35.5. The number of carbonyl (C=O) groups excluding carboxylic acids is 6. The standard InChI is InChI=1S/C37H51N5O7/c1-35(2,3)29(40-34(48)41-37(17-22-13-14-23(37)15-22)33(47)49-19-21-9-7-6-8-10-21)32(46)42-18-24-26(36(24,4)5)27(42)31(45)39-25(16-20-11-12-20)28(43)30(38)44/h6-10,20,22-27,29H,11-19H2,1-5H3,(H2,38,44)(H,39,45)(H2,40,41,48)/t22?,23?,24-,25?,26-,27-,29+,37?/m0/s1.